The van der Waals surface area contributed by atoms with Gasteiger partial charge >= 0.3 is 18.4 Å². The monoisotopic (exact) mass is 703 g/mol. The Morgan fingerprint density at radius 3 is 2.53 bits per heavy atom. The van der Waals surface area contributed by atoms with E-state index in [1.807, 2.05) is 17.1 Å². The smallest absolute Gasteiger partial charge is 0.383 e. The number of hydrogen-bond donors (Lipinski definition) is 2. The third-order valence-corrected chi connectivity index (χ3v) is 8.07. The number of carbonyl (C=O) groups excluding carboxylic acids is 1. The molecule has 1 saturated heterocycles. The number of likely N-dealkylation sites (tertiary alicyclic amines) is 1. The van der Waals surface area contributed by atoms with Crippen molar-refractivity contribution in [2.24, 2.45) is 0 Å². The number of anilines is 1. The lowest BCUT2D eigenvalue weighted by atomic mass is 9.94. The molecule has 3 aromatic rings. The van der Waals surface area contributed by atoms with E-state index in [0.717, 1.165) is 30.9 Å². The van der Waals surface area contributed by atoms with Crippen LogP contribution in [0.15, 0.2) is 48.8 Å². The van der Waals surface area contributed by atoms with E-state index in [-0.39, 0.29) is 21.8 Å². The number of ether oxygens (including phenoxy) is 2. The van der Waals surface area contributed by atoms with Crippen molar-refractivity contribution in [2.75, 3.05) is 45.3 Å². The minimum Gasteiger partial charge on any atom is -0.383 e. The molecule has 0 saturated carbocycles. The molecule has 18 heteroatoms. The van der Waals surface area contributed by atoms with Crippen LogP contribution >= 0.6 is 0 Å². The van der Waals surface area contributed by atoms with Gasteiger partial charge in [0.05, 0.1) is 24.5 Å². The molecule has 2 amide bonds. The number of nitrogens with one attached hydrogen (secondary N) is 2. The van der Waals surface area contributed by atoms with E-state index in [1.165, 1.54) is 10.7 Å². The van der Waals surface area contributed by atoms with Crippen molar-refractivity contribution in [3.63, 3.8) is 0 Å². The lowest BCUT2D eigenvalue weighted by molar-refractivity contribution is -0.281. The molecule has 1 fully saturated rings. The van der Waals surface area contributed by atoms with Crippen LogP contribution in [0.3, 0.4) is 0 Å². The molecular formula is C31H33F8N7O3. The van der Waals surface area contributed by atoms with Gasteiger partial charge in [-0.15, -0.1) is 0 Å². The van der Waals surface area contributed by atoms with Crippen LogP contribution in [0.2, 0.25) is 0 Å². The Balaban J connectivity index is 1.43. The third kappa shape index (κ3) is 8.66. The second kappa shape index (κ2) is 14.7. The van der Waals surface area contributed by atoms with Crippen LogP contribution in [0.4, 0.5) is 45.7 Å². The highest BCUT2D eigenvalue weighted by Gasteiger charge is 2.45. The van der Waals surface area contributed by atoms with Gasteiger partial charge in [-0.25, -0.2) is 22.9 Å². The van der Waals surface area contributed by atoms with E-state index in [1.54, 1.807) is 20.1 Å². The number of carbonyl (C=O) groups is 1. The first-order valence-corrected chi connectivity index (χ1v) is 15.1. The topological polar surface area (TPSA) is 98.5 Å². The number of alkyl halides is 6. The maximum Gasteiger partial charge on any atom is 0.435 e. The molecule has 1 aromatic carbocycles. The van der Waals surface area contributed by atoms with Gasteiger partial charge in [-0.3, -0.25) is 10.2 Å². The average Bonchev–Trinajstić information content (AvgIpc) is 3.75. The van der Waals surface area contributed by atoms with E-state index < -0.39 is 54.8 Å². The normalized spacial score (nSPS) is 19.3. The summed E-state index contributed by atoms with van der Waals surface area (Å²) in [5, 5.41) is 13.8. The standard InChI is InChI=1S/C31H33F8N7O3/c1-18-26(20-13-40-45(14-20)28(31(37,38)39)49-17-30(34,35)36)43-46(21-6-4-3-5-7-21)27(18)42-29(47)41-25-16-44(10-11-48-2)15-22(25)19-8-9-23(32)24(33)12-19/h4,6-9,12-14,22,25,28H,3,5,10-11,15-17H2,1-2H3,(H2,41,42,47)/t22-,25+,28?/m0/s1. The Bertz CT molecular complexity index is 1700. The van der Waals surface area contributed by atoms with Crippen LogP contribution in [0.1, 0.15) is 36.1 Å². The highest BCUT2D eigenvalue weighted by Crippen LogP contribution is 2.36. The van der Waals surface area contributed by atoms with Crippen LogP contribution in [0.5, 0.6) is 0 Å². The molecule has 0 bridgehead atoms. The van der Waals surface area contributed by atoms with E-state index >= 15 is 0 Å². The Morgan fingerprint density at radius 1 is 1.10 bits per heavy atom. The molecule has 2 aromatic heterocycles. The summed E-state index contributed by atoms with van der Waals surface area (Å²) < 4.78 is 118. The lowest BCUT2D eigenvalue weighted by Crippen LogP contribution is -2.42. The van der Waals surface area contributed by atoms with Crippen molar-refractivity contribution in [3.8, 4) is 11.3 Å². The Morgan fingerprint density at radius 2 is 1.88 bits per heavy atom. The number of allylic oxidation sites excluding steroid dienone is 4. The van der Waals surface area contributed by atoms with Crippen LogP contribution < -0.4 is 10.6 Å². The van der Waals surface area contributed by atoms with Crippen molar-refractivity contribution >= 4 is 17.5 Å². The number of hydrogen-bond acceptors (Lipinski definition) is 6. The largest absolute Gasteiger partial charge is 0.435 e. The maximum atomic E-state index is 14.2. The fourth-order valence-electron chi connectivity index (χ4n) is 5.77. The first kappa shape index (κ1) is 36.0. The van der Waals surface area contributed by atoms with E-state index in [9.17, 15) is 39.9 Å². The second-order valence-corrected chi connectivity index (χ2v) is 11.6. The third-order valence-electron chi connectivity index (χ3n) is 8.07. The van der Waals surface area contributed by atoms with Gasteiger partial charge in [0, 0.05) is 50.0 Å². The van der Waals surface area contributed by atoms with Crippen molar-refractivity contribution in [3.05, 3.63) is 71.6 Å². The summed E-state index contributed by atoms with van der Waals surface area (Å²) in [7, 11) is 1.55. The fraction of sp³-hybridized carbons (Fsp3) is 0.452. The van der Waals surface area contributed by atoms with Gasteiger partial charge in [0.2, 0.25) is 6.23 Å². The van der Waals surface area contributed by atoms with Gasteiger partial charge in [0.1, 0.15) is 18.1 Å². The average molecular weight is 704 g/mol. The number of methoxy groups -OCH3 is 1. The molecule has 1 aliphatic heterocycles. The minimum absolute atomic E-state index is 0.0212. The van der Waals surface area contributed by atoms with E-state index in [4.69, 9.17) is 4.74 Å². The van der Waals surface area contributed by atoms with Crippen molar-refractivity contribution in [1.82, 2.24) is 29.8 Å². The number of aromatic nitrogens is 4. The van der Waals surface area contributed by atoms with Crippen molar-refractivity contribution in [1.29, 1.82) is 0 Å². The summed E-state index contributed by atoms with van der Waals surface area (Å²) in [5.41, 5.74) is 1.48. The van der Waals surface area contributed by atoms with Crippen LogP contribution in [-0.4, -0.2) is 88.8 Å². The van der Waals surface area contributed by atoms with Gasteiger partial charge in [0.15, 0.2) is 11.6 Å². The molecule has 5 rings (SSSR count). The lowest BCUT2D eigenvalue weighted by Gasteiger charge is -2.21. The predicted octanol–water partition coefficient (Wildman–Crippen LogP) is 6.40. The van der Waals surface area contributed by atoms with Gasteiger partial charge in [-0.05, 0) is 43.5 Å². The second-order valence-electron chi connectivity index (χ2n) is 11.6. The first-order chi connectivity index (χ1) is 23.1. The molecule has 1 aliphatic carbocycles. The van der Waals surface area contributed by atoms with Gasteiger partial charge < -0.3 is 14.8 Å². The number of halogens is 8. The van der Waals surface area contributed by atoms with E-state index in [0.29, 0.717) is 49.5 Å². The number of nitrogens with zero attached hydrogens (tertiary/aromatic N) is 5. The summed E-state index contributed by atoms with van der Waals surface area (Å²) in [6.07, 6.45) is -4.52. The summed E-state index contributed by atoms with van der Waals surface area (Å²) in [6.45, 7) is 1.14. The summed E-state index contributed by atoms with van der Waals surface area (Å²) in [4.78, 5) is 15.6. The Kier molecular flexibility index (Phi) is 10.8. The number of benzene rings is 1. The molecule has 3 atom stereocenters. The molecule has 3 heterocycles. The number of amides is 2. The molecule has 2 aliphatic rings. The Labute approximate surface area is 275 Å². The molecule has 10 nitrogen and oxygen atoms in total. The SMILES string of the molecule is COCCN1C[C@@H](NC(=O)Nc2c(C)c(-c3cnn(C(OCC(F)(F)F)C(F)(F)F)c3)nn2C2=CCCC=C2)[C@H](c2ccc(F)c(F)c2)C1. The van der Waals surface area contributed by atoms with Crippen molar-refractivity contribution < 1.29 is 49.4 Å². The van der Waals surface area contributed by atoms with Crippen LogP contribution in [-0.2, 0) is 9.47 Å². The summed E-state index contributed by atoms with van der Waals surface area (Å²) in [6, 6.07) is 2.37. The molecule has 266 valence electrons. The van der Waals surface area contributed by atoms with Gasteiger partial charge in [-0.2, -0.15) is 36.5 Å². The fourth-order valence-corrected chi connectivity index (χ4v) is 5.77. The molecule has 0 radical (unpaired) electrons. The number of urea groups is 1. The molecule has 2 N–H and O–H groups in total. The maximum absolute atomic E-state index is 14.2. The molecule has 0 spiro atoms. The zero-order valence-electron chi connectivity index (χ0n) is 26.3. The van der Waals surface area contributed by atoms with E-state index in [2.05, 4.69) is 25.6 Å². The van der Waals surface area contributed by atoms with Crippen LogP contribution in [0.25, 0.3) is 17.0 Å². The van der Waals surface area contributed by atoms with Gasteiger partial charge in [-0.1, -0.05) is 18.2 Å². The molecule has 49 heavy (non-hydrogen) atoms. The molecular weight excluding hydrogens is 670 g/mol. The zero-order chi connectivity index (χ0) is 35.5. The Hall–Kier alpha value is -4.29. The minimum atomic E-state index is -5.22. The van der Waals surface area contributed by atoms with Crippen molar-refractivity contribution in [2.45, 2.75) is 50.3 Å². The van der Waals surface area contributed by atoms with Crippen LogP contribution in [0, 0.1) is 18.6 Å². The predicted molar refractivity (Wildman–Crippen MR) is 161 cm³/mol. The molecule has 1 unspecified atom stereocenters. The first-order valence-electron chi connectivity index (χ1n) is 15.1. The quantitative estimate of drug-likeness (QED) is 0.225. The zero-order valence-corrected chi connectivity index (χ0v) is 26.3. The summed E-state index contributed by atoms with van der Waals surface area (Å²) in [5.74, 6) is -2.26. The number of rotatable bonds is 11. The highest BCUT2D eigenvalue weighted by atomic mass is 19.4. The van der Waals surface area contributed by atoms with Gasteiger partial charge in [0.25, 0.3) is 0 Å². The summed E-state index contributed by atoms with van der Waals surface area (Å²) >= 11 is 0. The highest BCUT2D eigenvalue weighted by molar-refractivity contribution is 5.92.